The molecule has 1 amide bonds. The Bertz CT molecular complexity index is 413. The maximum absolute atomic E-state index is 11.6. The Balaban J connectivity index is 2.45. The third kappa shape index (κ3) is 1.47. The van der Waals surface area contributed by atoms with E-state index in [0.29, 0.717) is 0 Å². The van der Waals surface area contributed by atoms with E-state index in [2.05, 4.69) is 6.07 Å². The standard InChI is InChI=1S/C9H9NOS2/c1-10(2)9(11)8-5-7-6(13-8)3-4-12-7/h3-5H,1-2H3. The highest BCUT2D eigenvalue weighted by molar-refractivity contribution is 7.27. The largest absolute Gasteiger partial charge is 0.344 e. The smallest absolute Gasteiger partial charge is 0.263 e. The Kier molecular flexibility index (Phi) is 2.09. The zero-order valence-electron chi connectivity index (χ0n) is 7.40. The zero-order chi connectivity index (χ0) is 9.42. The van der Waals surface area contributed by atoms with Gasteiger partial charge in [0.25, 0.3) is 5.91 Å². The molecule has 2 aromatic rings. The van der Waals surface area contributed by atoms with Crippen molar-refractivity contribution in [3.63, 3.8) is 0 Å². The van der Waals surface area contributed by atoms with Crippen LogP contribution >= 0.6 is 22.7 Å². The minimum atomic E-state index is 0.0911. The van der Waals surface area contributed by atoms with E-state index in [0.717, 1.165) is 4.88 Å². The van der Waals surface area contributed by atoms with E-state index in [1.165, 1.54) is 9.40 Å². The highest BCUT2D eigenvalue weighted by Gasteiger charge is 2.11. The van der Waals surface area contributed by atoms with E-state index < -0.39 is 0 Å². The second-order valence-corrected chi connectivity index (χ2v) is 4.99. The molecule has 0 fully saturated rings. The van der Waals surface area contributed by atoms with Crippen molar-refractivity contribution in [1.29, 1.82) is 0 Å². The predicted octanol–water partition coefficient (Wildman–Crippen LogP) is 2.66. The van der Waals surface area contributed by atoms with Crippen LogP contribution in [0.1, 0.15) is 9.67 Å². The number of amides is 1. The average Bonchev–Trinajstić information content (AvgIpc) is 2.59. The van der Waals surface area contributed by atoms with Crippen LogP contribution in [-0.2, 0) is 0 Å². The quantitative estimate of drug-likeness (QED) is 0.710. The average molecular weight is 211 g/mol. The zero-order valence-corrected chi connectivity index (χ0v) is 9.04. The Labute approximate surface area is 84.4 Å². The first kappa shape index (κ1) is 8.72. The fourth-order valence-electron chi connectivity index (χ4n) is 1.09. The van der Waals surface area contributed by atoms with Crippen molar-refractivity contribution in [1.82, 2.24) is 4.90 Å². The summed E-state index contributed by atoms with van der Waals surface area (Å²) in [4.78, 5) is 14.0. The van der Waals surface area contributed by atoms with Crippen molar-refractivity contribution in [2.75, 3.05) is 14.1 Å². The van der Waals surface area contributed by atoms with Gasteiger partial charge in [-0.3, -0.25) is 4.79 Å². The monoisotopic (exact) mass is 211 g/mol. The van der Waals surface area contributed by atoms with Crippen molar-refractivity contribution >= 4 is 38.0 Å². The number of carbonyl (C=O) groups excluding carboxylic acids is 1. The lowest BCUT2D eigenvalue weighted by Gasteiger charge is -2.06. The maximum atomic E-state index is 11.6. The lowest BCUT2D eigenvalue weighted by molar-refractivity contribution is 0.0832. The lowest BCUT2D eigenvalue weighted by Crippen LogP contribution is -2.20. The molecule has 2 rings (SSSR count). The Hall–Kier alpha value is -0.870. The van der Waals surface area contributed by atoms with Gasteiger partial charge in [0.1, 0.15) is 0 Å². The van der Waals surface area contributed by atoms with Crippen molar-refractivity contribution in [3.8, 4) is 0 Å². The molecule has 2 aromatic heterocycles. The molecule has 68 valence electrons. The summed E-state index contributed by atoms with van der Waals surface area (Å²) in [5.74, 6) is 0.0911. The fraction of sp³-hybridized carbons (Fsp3) is 0.222. The molecule has 13 heavy (non-hydrogen) atoms. The normalized spacial score (nSPS) is 10.6. The Morgan fingerprint density at radius 3 is 2.77 bits per heavy atom. The maximum Gasteiger partial charge on any atom is 0.263 e. The van der Waals surface area contributed by atoms with Crippen LogP contribution in [0.4, 0.5) is 0 Å². The minimum absolute atomic E-state index is 0.0911. The first-order valence-electron chi connectivity index (χ1n) is 3.87. The third-order valence-electron chi connectivity index (χ3n) is 1.76. The van der Waals surface area contributed by atoms with Crippen LogP contribution in [0.2, 0.25) is 0 Å². The number of rotatable bonds is 1. The summed E-state index contributed by atoms with van der Waals surface area (Å²) in [6.45, 7) is 0. The fourth-order valence-corrected chi connectivity index (χ4v) is 3.22. The van der Waals surface area contributed by atoms with E-state index in [1.807, 2.05) is 11.4 Å². The molecule has 0 aliphatic heterocycles. The van der Waals surface area contributed by atoms with Crippen LogP contribution in [0, 0.1) is 0 Å². The SMILES string of the molecule is CN(C)C(=O)c1cc2sccc2s1. The molecule has 0 saturated carbocycles. The number of nitrogens with zero attached hydrogens (tertiary/aromatic N) is 1. The van der Waals surface area contributed by atoms with Crippen molar-refractivity contribution in [2.45, 2.75) is 0 Å². The van der Waals surface area contributed by atoms with Gasteiger partial charge in [0.05, 0.1) is 4.88 Å². The van der Waals surface area contributed by atoms with Crippen LogP contribution in [-0.4, -0.2) is 24.9 Å². The molecule has 0 atom stereocenters. The third-order valence-corrected chi connectivity index (χ3v) is 3.84. The summed E-state index contributed by atoms with van der Waals surface area (Å²) in [7, 11) is 3.55. The molecule has 0 radical (unpaired) electrons. The predicted molar refractivity (Wildman–Crippen MR) is 57.7 cm³/mol. The molecule has 0 bridgehead atoms. The Morgan fingerprint density at radius 1 is 1.38 bits per heavy atom. The van der Waals surface area contributed by atoms with E-state index in [-0.39, 0.29) is 5.91 Å². The molecule has 0 unspecified atom stereocenters. The van der Waals surface area contributed by atoms with Gasteiger partial charge in [0.15, 0.2) is 0 Å². The van der Waals surface area contributed by atoms with Crippen LogP contribution in [0.15, 0.2) is 17.5 Å². The van der Waals surface area contributed by atoms with Crippen LogP contribution in [0.25, 0.3) is 9.40 Å². The molecule has 0 aliphatic rings. The Morgan fingerprint density at radius 2 is 2.15 bits per heavy atom. The summed E-state index contributed by atoms with van der Waals surface area (Å²) >= 11 is 3.24. The molecule has 2 nitrogen and oxygen atoms in total. The van der Waals surface area contributed by atoms with Gasteiger partial charge in [-0.05, 0) is 17.5 Å². The van der Waals surface area contributed by atoms with Gasteiger partial charge in [-0.25, -0.2) is 0 Å². The summed E-state index contributed by atoms with van der Waals surface area (Å²) < 4.78 is 2.41. The molecular weight excluding hydrogens is 202 g/mol. The van der Waals surface area contributed by atoms with Gasteiger partial charge in [0, 0.05) is 23.5 Å². The minimum Gasteiger partial charge on any atom is -0.344 e. The van der Waals surface area contributed by atoms with Crippen molar-refractivity contribution < 1.29 is 4.79 Å². The van der Waals surface area contributed by atoms with Gasteiger partial charge >= 0.3 is 0 Å². The number of thiophene rings is 2. The van der Waals surface area contributed by atoms with E-state index in [4.69, 9.17) is 0 Å². The first-order valence-corrected chi connectivity index (χ1v) is 5.57. The lowest BCUT2D eigenvalue weighted by atomic mass is 10.4. The molecule has 4 heteroatoms. The van der Waals surface area contributed by atoms with E-state index in [9.17, 15) is 4.79 Å². The number of hydrogen-bond donors (Lipinski definition) is 0. The number of hydrogen-bond acceptors (Lipinski definition) is 3. The van der Waals surface area contributed by atoms with Gasteiger partial charge in [0.2, 0.25) is 0 Å². The topological polar surface area (TPSA) is 20.3 Å². The highest BCUT2D eigenvalue weighted by atomic mass is 32.1. The second-order valence-electron chi connectivity index (χ2n) is 2.96. The van der Waals surface area contributed by atoms with Crippen LogP contribution < -0.4 is 0 Å². The van der Waals surface area contributed by atoms with Gasteiger partial charge in [-0.1, -0.05) is 0 Å². The molecule has 0 spiro atoms. The van der Waals surface area contributed by atoms with Crippen molar-refractivity contribution in [2.24, 2.45) is 0 Å². The number of fused-ring (bicyclic) bond motifs is 1. The summed E-state index contributed by atoms with van der Waals surface area (Å²) in [6.07, 6.45) is 0. The molecule has 2 heterocycles. The molecule has 0 aromatic carbocycles. The first-order chi connectivity index (χ1) is 6.18. The molecule has 0 saturated heterocycles. The number of carbonyl (C=O) groups is 1. The van der Waals surface area contributed by atoms with E-state index in [1.54, 1.807) is 41.7 Å². The summed E-state index contributed by atoms with van der Waals surface area (Å²) in [5, 5.41) is 2.05. The van der Waals surface area contributed by atoms with Crippen molar-refractivity contribution in [3.05, 3.63) is 22.4 Å². The van der Waals surface area contributed by atoms with Gasteiger partial charge in [-0.15, -0.1) is 22.7 Å². The summed E-state index contributed by atoms with van der Waals surface area (Å²) in [6, 6.07) is 4.02. The molecule has 0 N–H and O–H groups in total. The summed E-state index contributed by atoms with van der Waals surface area (Å²) in [5.41, 5.74) is 0. The molecular formula is C9H9NOS2. The molecule has 0 aliphatic carbocycles. The van der Waals surface area contributed by atoms with Gasteiger partial charge < -0.3 is 4.90 Å². The highest BCUT2D eigenvalue weighted by Crippen LogP contribution is 2.30. The van der Waals surface area contributed by atoms with E-state index >= 15 is 0 Å². The van der Waals surface area contributed by atoms with Gasteiger partial charge in [-0.2, -0.15) is 0 Å². The van der Waals surface area contributed by atoms with Crippen LogP contribution in [0.3, 0.4) is 0 Å². The second kappa shape index (κ2) is 3.12. The van der Waals surface area contributed by atoms with Crippen LogP contribution in [0.5, 0.6) is 0 Å².